The van der Waals surface area contributed by atoms with Gasteiger partial charge in [-0.2, -0.15) is 0 Å². The Bertz CT molecular complexity index is 1340. The van der Waals surface area contributed by atoms with Gasteiger partial charge in [-0.15, -0.1) is 0 Å². The number of carbonyl (C=O) groups is 2. The zero-order valence-electron chi connectivity index (χ0n) is 22.6. The van der Waals surface area contributed by atoms with Gasteiger partial charge in [0, 0.05) is 13.1 Å². The molecule has 0 aliphatic rings. The fourth-order valence-electron chi connectivity index (χ4n) is 4.37. The summed E-state index contributed by atoms with van der Waals surface area (Å²) in [6, 6.07) is 22.2. The number of aryl methyl sites for hydroxylation is 2. The van der Waals surface area contributed by atoms with Crippen molar-refractivity contribution in [1.82, 2.24) is 10.2 Å². The molecule has 0 aliphatic carbocycles. The van der Waals surface area contributed by atoms with Gasteiger partial charge in [0.2, 0.25) is 11.8 Å². The largest absolute Gasteiger partial charge is 0.354 e. The SMILES string of the molecule is CCCNC(=O)[C@@H](CC)N(Cc1cccc(C)c1)C(=O)CN(c1ccccc1C)S(=O)(=O)c1ccccc1. The van der Waals surface area contributed by atoms with Crippen molar-refractivity contribution in [2.45, 2.75) is 58.0 Å². The minimum absolute atomic E-state index is 0.0917. The number of para-hydroxylation sites is 1. The van der Waals surface area contributed by atoms with E-state index in [1.165, 1.54) is 17.0 Å². The Kier molecular flexibility index (Phi) is 10.1. The van der Waals surface area contributed by atoms with Gasteiger partial charge in [-0.1, -0.05) is 80.1 Å². The minimum Gasteiger partial charge on any atom is -0.354 e. The van der Waals surface area contributed by atoms with Crippen LogP contribution in [0.2, 0.25) is 0 Å². The Labute approximate surface area is 226 Å². The molecule has 38 heavy (non-hydrogen) atoms. The average molecular weight is 536 g/mol. The summed E-state index contributed by atoms with van der Waals surface area (Å²) >= 11 is 0. The number of nitrogens with one attached hydrogen (secondary N) is 1. The fourth-order valence-corrected chi connectivity index (χ4v) is 5.87. The first-order chi connectivity index (χ1) is 18.2. The van der Waals surface area contributed by atoms with E-state index in [0.717, 1.165) is 27.4 Å². The molecule has 3 aromatic carbocycles. The van der Waals surface area contributed by atoms with E-state index in [-0.39, 0.29) is 17.3 Å². The van der Waals surface area contributed by atoms with E-state index in [0.29, 0.717) is 18.7 Å². The molecule has 8 heteroatoms. The van der Waals surface area contributed by atoms with Crippen LogP contribution < -0.4 is 9.62 Å². The summed E-state index contributed by atoms with van der Waals surface area (Å²) < 4.78 is 28.8. The second-order valence-corrected chi connectivity index (χ2v) is 11.2. The first-order valence-corrected chi connectivity index (χ1v) is 14.4. The highest BCUT2D eigenvalue weighted by atomic mass is 32.2. The fraction of sp³-hybridized carbons (Fsp3) is 0.333. The summed E-state index contributed by atoms with van der Waals surface area (Å²) in [6.07, 6.45) is 1.16. The van der Waals surface area contributed by atoms with Gasteiger partial charge in [0.15, 0.2) is 0 Å². The molecular weight excluding hydrogens is 498 g/mol. The molecule has 0 fully saturated rings. The minimum atomic E-state index is -4.07. The maximum atomic E-state index is 14.0. The van der Waals surface area contributed by atoms with Crippen LogP contribution in [0, 0.1) is 13.8 Å². The maximum absolute atomic E-state index is 14.0. The molecule has 0 unspecified atom stereocenters. The third kappa shape index (κ3) is 7.01. The molecule has 0 aromatic heterocycles. The highest BCUT2D eigenvalue weighted by Gasteiger charge is 2.34. The normalized spacial score (nSPS) is 12.0. The van der Waals surface area contributed by atoms with Crippen molar-refractivity contribution in [3.8, 4) is 0 Å². The topological polar surface area (TPSA) is 86.8 Å². The molecule has 2 amide bonds. The molecule has 3 rings (SSSR count). The molecule has 0 radical (unpaired) electrons. The molecule has 202 valence electrons. The Morgan fingerprint density at radius 1 is 0.895 bits per heavy atom. The quantitative estimate of drug-likeness (QED) is 0.360. The predicted octanol–water partition coefficient (Wildman–Crippen LogP) is 4.83. The second kappa shape index (κ2) is 13.2. The Morgan fingerprint density at radius 2 is 1.58 bits per heavy atom. The number of hydrogen-bond acceptors (Lipinski definition) is 4. The van der Waals surface area contributed by atoms with Crippen LogP contribution in [-0.4, -0.2) is 44.3 Å². The van der Waals surface area contributed by atoms with Crippen LogP contribution in [0.4, 0.5) is 5.69 Å². The van der Waals surface area contributed by atoms with E-state index in [1.807, 2.05) is 64.1 Å². The molecule has 1 atom stereocenters. The standard InChI is InChI=1S/C30H37N3O4S/c1-5-19-31-30(35)27(6-2)32(21-25-15-12-13-23(3)20-25)29(34)22-33(28-18-11-10-14-24(28)4)38(36,37)26-16-8-7-9-17-26/h7-18,20,27H,5-6,19,21-22H2,1-4H3,(H,31,35)/t27-/m1/s1. The smallest absolute Gasteiger partial charge is 0.264 e. The van der Waals surface area contributed by atoms with Crippen LogP contribution in [-0.2, 0) is 26.2 Å². The van der Waals surface area contributed by atoms with Gasteiger partial charge in [0.05, 0.1) is 10.6 Å². The lowest BCUT2D eigenvalue weighted by Gasteiger charge is -2.33. The molecule has 0 bridgehead atoms. The number of nitrogens with zero attached hydrogens (tertiary/aromatic N) is 2. The van der Waals surface area contributed by atoms with Crippen LogP contribution in [0.5, 0.6) is 0 Å². The monoisotopic (exact) mass is 535 g/mol. The summed E-state index contributed by atoms with van der Waals surface area (Å²) in [6.45, 7) is 7.84. The number of amides is 2. The number of carbonyl (C=O) groups excluding carboxylic acids is 2. The molecular formula is C30H37N3O4S. The lowest BCUT2D eigenvalue weighted by atomic mass is 10.1. The van der Waals surface area contributed by atoms with Crippen molar-refractivity contribution in [1.29, 1.82) is 0 Å². The van der Waals surface area contributed by atoms with Crippen LogP contribution in [0.15, 0.2) is 83.8 Å². The van der Waals surface area contributed by atoms with Crippen molar-refractivity contribution in [2.75, 3.05) is 17.4 Å². The van der Waals surface area contributed by atoms with Gasteiger partial charge in [0.25, 0.3) is 10.0 Å². The third-order valence-corrected chi connectivity index (χ3v) is 8.14. The van der Waals surface area contributed by atoms with E-state index in [2.05, 4.69) is 5.32 Å². The van der Waals surface area contributed by atoms with E-state index < -0.39 is 28.5 Å². The molecule has 0 spiro atoms. The van der Waals surface area contributed by atoms with Crippen LogP contribution in [0.25, 0.3) is 0 Å². The first kappa shape index (κ1) is 28.9. The van der Waals surface area contributed by atoms with E-state index in [1.54, 1.807) is 30.3 Å². The van der Waals surface area contributed by atoms with Gasteiger partial charge >= 0.3 is 0 Å². The molecule has 3 aromatic rings. The van der Waals surface area contributed by atoms with E-state index in [9.17, 15) is 18.0 Å². The van der Waals surface area contributed by atoms with Crippen LogP contribution >= 0.6 is 0 Å². The van der Waals surface area contributed by atoms with Crippen LogP contribution in [0.1, 0.15) is 43.4 Å². The molecule has 7 nitrogen and oxygen atoms in total. The summed E-state index contributed by atoms with van der Waals surface area (Å²) in [5, 5.41) is 2.90. The number of hydrogen-bond donors (Lipinski definition) is 1. The molecule has 0 saturated carbocycles. The molecule has 1 N–H and O–H groups in total. The number of rotatable bonds is 12. The van der Waals surface area contributed by atoms with Crippen LogP contribution in [0.3, 0.4) is 0 Å². The zero-order chi connectivity index (χ0) is 27.7. The van der Waals surface area contributed by atoms with Crippen molar-refractivity contribution in [2.24, 2.45) is 0 Å². The highest BCUT2D eigenvalue weighted by molar-refractivity contribution is 7.92. The van der Waals surface area contributed by atoms with Gasteiger partial charge in [-0.05, 0) is 56.0 Å². The second-order valence-electron chi connectivity index (χ2n) is 9.34. The first-order valence-electron chi connectivity index (χ1n) is 12.9. The molecule has 0 aliphatic heterocycles. The zero-order valence-corrected chi connectivity index (χ0v) is 23.4. The Hall–Kier alpha value is -3.65. The Balaban J connectivity index is 2.05. The summed E-state index contributed by atoms with van der Waals surface area (Å²) in [5.74, 6) is -0.698. The van der Waals surface area contributed by atoms with Gasteiger partial charge in [-0.25, -0.2) is 8.42 Å². The van der Waals surface area contributed by atoms with Gasteiger partial charge in [0.1, 0.15) is 12.6 Å². The lowest BCUT2D eigenvalue weighted by molar-refractivity contribution is -0.140. The average Bonchev–Trinajstić information content (AvgIpc) is 2.91. The van der Waals surface area contributed by atoms with Gasteiger partial charge < -0.3 is 10.2 Å². The highest BCUT2D eigenvalue weighted by Crippen LogP contribution is 2.27. The van der Waals surface area contributed by atoms with Crippen molar-refractivity contribution in [3.05, 3.63) is 95.6 Å². The van der Waals surface area contributed by atoms with Crippen molar-refractivity contribution < 1.29 is 18.0 Å². The predicted molar refractivity (Wildman–Crippen MR) is 151 cm³/mol. The Morgan fingerprint density at radius 3 is 2.21 bits per heavy atom. The maximum Gasteiger partial charge on any atom is 0.264 e. The summed E-state index contributed by atoms with van der Waals surface area (Å²) in [4.78, 5) is 28.7. The summed E-state index contributed by atoms with van der Waals surface area (Å²) in [7, 11) is -4.07. The summed E-state index contributed by atoms with van der Waals surface area (Å²) in [5.41, 5.74) is 3.04. The van der Waals surface area contributed by atoms with Gasteiger partial charge in [-0.3, -0.25) is 13.9 Å². The van der Waals surface area contributed by atoms with E-state index in [4.69, 9.17) is 0 Å². The number of sulfonamides is 1. The van der Waals surface area contributed by atoms with Crippen molar-refractivity contribution in [3.63, 3.8) is 0 Å². The third-order valence-electron chi connectivity index (χ3n) is 6.36. The molecule has 0 saturated heterocycles. The van der Waals surface area contributed by atoms with Crippen molar-refractivity contribution >= 4 is 27.5 Å². The van der Waals surface area contributed by atoms with E-state index >= 15 is 0 Å². The number of anilines is 1. The molecule has 0 heterocycles. The lowest BCUT2D eigenvalue weighted by Crippen LogP contribution is -2.52. The number of benzene rings is 3.